The second-order valence-corrected chi connectivity index (χ2v) is 6.49. The van der Waals surface area contributed by atoms with Crippen molar-refractivity contribution in [1.29, 1.82) is 0 Å². The second-order valence-electron chi connectivity index (χ2n) is 6.49. The van der Waals surface area contributed by atoms with E-state index in [9.17, 15) is 4.79 Å². The number of nitrogens with zero attached hydrogens (tertiary/aromatic N) is 1. The number of nitrogens with two attached hydrogens (primary N) is 1. The van der Waals surface area contributed by atoms with E-state index in [0.717, 1.165) is 18.4 Å². The summed E-state index contributed by atoms with van der Waals surface area (Å²) in [5.74, 6) is 1.64. The largest absolute Gasteiger partial charge is 0.490 e. The molecule has 6 nitrogen and oxygen atoms in total. The van der Waals surface area contributed by atoms with E-state index in [-0.39, 0.29) is 11.8 Å². The molecule has 0 aliphatic heterocycles. The van der Waals surface area contributed by atoms with Crippen molar-refractivity contribution in [3.63, 3.8) is 0 Å². The molecule has 146 valence electrons. The lowest BCUT2D eigenvalue weighted by atomic mass is 9.99. The number of para-hydroxylation sites is 2. The van der Waals surface area contributed by atoms with Crippen LogP contribution in [0.25, 0.3) is 0 Å². The SMILES string of the molecule is CCCOc1ccccc1Oc1ncccc1CNC(=O)C(N)C(C)CC. The molecule has 3 N–H and O–H groups in total. The van der Waals surface area contributed by atoms with Gasteiger partial charge in [-0.2, -0.15) is 0 Å². The minimum Gasteiger partial charge on any atom is -0.490 e. The van der Waals surface area contributed by atoms with Gasteiger partial charge in [0.15, 0.2) is 11.5 Å². The number of hydrogen-bond acceptors (Lipinski definition) is 5. The third kappa shape index (κ3) is 5.96. The third-order valence-electron chi connectivity index (χ3n) is 4.38. The summed E-state index contributed by atoms with van der Waals surface area (Å²) in [6.45, 7) is 6.94. The molecule has 0 spiro atoms. The summed E-state index contributed by atoms with van der Waals surface area (Å²) in [5.41, 5.74) is 6.76. The van der Waals surface area contributed by atoms with E-state index in [1.807, 2.05) is 57.2 Å². The summed E-state index contributed by atoms with van der Waals surface area (Å²) in [5, 5.41) is 2.87. The zero-order valence-electron chi connectivity index (χ0n) is 16.3. The molecule has 2 atom stereocenters. The molecule has 6 heteroatoms. The van der Waals surface area contributed by atoms with E-state index < -0.39 is 6.04 Å². The predicted molar refractivity (Wildman–Crippen MR) is 106 cm³/mol. The van der Waals surface area contributed by atoms with Crippen LogP contribution >= 0.6 is 0 Å². The van der Waals surface area contributed by atoms with Crippen molar-refractivity contribution in [2.24, 2.45) is 11.7 Å². The van der Waals surface area contributed by atoms with Gasteiger partial charge in [0.1, 0.15) is 0 Å². The monoisotopic (exact) mass is 371 g/mol. The van der Waals surface area contributed by atoms with Crippen molar-refractivity contribution >= 4 is 5.91 Å². The van der Waals surface area contributed by atoms with Crippen molar-refractivity contribution in [3.05, 3.63) is 48.2 Å². The lowest BCUT2D eigenvalue weighted by Crippen LogP contribution is -2.44. The Morgan fingerprint density at radius 1 is 1.19 bits per heavy atom. The fourth-order valence-corrected chi connectivity index (χ4v) is 2.43. The average Bonchev–Trinajstić information content (AvgIpc) is 2.71. The van der Waals surface area contributed by atoms with Gasteiger partial charge in [0.2, 0.25) is 11.8 Å². The van der Waals surface area contributed by atoms with Crippen molar-refractivity contribution < 1.29 is 14.3 Å². The standard InChI is InChI=1S/C21H29N3O3/c1-4-13-26-17-10-6-7-11-18(17)27-21-16(9-8-12-23-21)14-24-20(25)19(22)15(3)5-2/h6-12,15,19H,4-5,13-14,22H2,1-3H3,(H,24,25). The van der Waals surface area contributed by atoms with Crippen LogP contribution in [0.15, 0.2) is 42.6 Å². The van der Waals surface area contributed by atoms with Crippen molar-refractivity contribution in [2.75, 3.05) is 6.61 Å². The number of amides is 1. The van der Waals surface area contributed by atoms with Gasteiger partial charge >= 0.3 is 0 Å². The molecule has 0 saturated carbocycles. The summed E-state index contributed by atoms with van der Waals surface area (Å²) in [4.78, 5) is 16.6. The normalized spacial score (nSPS) is 12.9. The molecule has 2 aromatic rings. The van der Waals surface area contributed by atoms with E-state index in [2.05, 4.69) is 10.3 Å². The number of pyridine rings is 1. The maximum Gasteiger partial charge on any atom is 0.237 e. The van der Waals surface area contributed by atoms with Gasteiger partial charge in [-0.25, -0.2) is 4.98 Å². The molecule has 0 aliphatic rings. The molecule has 1 aromatic carbocycles. The molecular weight excluding hydrogens is 342 g/mol. The summed E-state index contributed by atoms with van der Waals surface area (Å²) < 4.78 is 11.7. The number of carbonyl (C=O) groups is 1. The minimum absolute atomic E-state index is 0.122. The Hall–Kier alpha value is -2.60. The van der Waals surface area contributed by atoms with E-state index in [1.165, 1.54) is 0 Å². The van der Waals surface area contributed by atoms with Crippen LogP contribution in [-0.2, 0) is 11.3 Å². The number of benzene rings is 1. The molecule has 0 saturated heterocycles. The number of carbonyl (C=O) groups excluding carboxylic acids is 1. The second kappa shape index (κ2) is 10.5. The number of hydrogen-bond donors (Lipinski definition) is 2. The lowest BCUT2D eigenvalue weighted by molar-refractivity contribution is -0.123. The van der Waals surface area contributed by atoms with Crippen LogP contribution < -0.4 is 20.5 Å². The van der Waals surface area contributed by atoms with Crippen molar-refractivity contribution in [2.45, 2.75) is 46.2 Å². The highest BCUT2D eigenvalue weighted by atomic mass is 16.5. The quantitative estimate of drug-likeness (QED) is 0.666. The molecule has 0 fully saturated rings. The highest BCUT2D eigenvalue weighted by Crippen LogP contribution is 2.31. The zero-order chi connectivity index (χ0) is 19.6. The Labute approximate surface area is 161 Å². The summed E-state index contributed by atoms with van der Waals surface area (Å²) in [6, 6.07) is 10.6. The molecule has 2 unspecified atom stereocenters. The summed E-state index contributed by atoms with van der Waals surface area (Å²) in [7, 11) is 0. The molecule has 1 amide bonds. The minimum atomic E-state index is -0.529. The zero-order valence-corrected chi connectivity index (χ0v) is 16.3. The van der Waals surface area contributed by atoms with Gasteiger partial charge in [-0.3, -0.25) is 4.79 Å². The van der Waals surface area contributed by atoms with E-state index in [4.69, 9.17) is 15.2 Å². The first-order valence-corrected chi connectivity index (χ1v) is 9.43. The van der Waals surface area contributed by atoms with E-state index >= 15 is 0 Å². The van der Waals surface area contributed by atoms with E-state index in [0.29, 0.717) is 30.5 Å². The van der Waals surface area contributed by atoms with Crippen LogP contribution in [0.3, 0.4) is 0 Å². The Balaban J connectivity index is 2.09. The van der Waals surface area contributed by atoms with Crippen LogP contribution in [-0.4, -0.2) is 23.5 Å². The Kier molecular flexibility index (Phi) is 8.07. The van der Waals surface area contributed by atoms with Gasteiger partial charge in [-0.1, -0.05) is 45.4 Å². The van der Waals surface area contributed by atoms with Gasteiger partial charge in [0, 0.05) is 18.3 Å². The van der Waals surface area contributed by atoms with Crippen LogP contribution in [0.5, 0.6) is 17.4 Å². The molecule has 0 radical (unpaired) electrons. The van der Waals surface area contributed by atoms with Crippen LogP contribution in [0.1, 0.15) is 39.2 Å². The van der Waals surface area contributed by atoms with Gasteiger partial charge in [0.25, 0.3) is 0 Å². The predicted octanol–water partition coefficient (Wildman–Crippen LogP) is 3.65. The fraction of sp³-hybridized carbons (Fsp3) is 0.429. The first kappa shape index (κ1) is 20.7. The maximum atomic E-state index is 12.2. The topological polar surface area (TPSA) is 86.5 Å². The van der Waals surface area contributed by atoms with Crippen LogP contribution in [0.2, 0.25) is 0 Å². The molecule has 2 rings (SSSR count). The molecule has 0 aliphatic carbocycles. The fourth-order valence-electron chi connectivity index (χ4n) is 2.43. The molecule has 0 bridgehead atoms. The molecule has 1 heterocycles. The number of ether oxygens (including phenoxy) is 2. The number of nitrogens with one attached hydrogen (secondary N) is 1. The average molecular weight is 371 g/mol. The summed E-state index contributed by atoms with van der Waals surface area (Å²) >= 11 is 0. The first-order chi connectivity index (χ1) is 13.1. The lowest BCUT2D eigenvalue weighted by Gasteiger charge is -2.18. The maximum absolute atomic E-state index is 12.2. The molecule has 1 aromatic heterocycles. The molecular formula is C21H29N3O3. The molecule has 27 heavy (non-hydrogen) atoms. The Bertz CT molecular complexity index is 736. The summed E-state index contributed by atoms with van der Waals surface area (Å²) in [6.07, 6.45) is 3.41. The van der Waals surface area contributed by atoms with Crippen molar-refractivity contribution in [1.82, 2.24) is 10.3 Å². The Morgan fingerprint density at radius 2 is 1.93 bits per heavy atom. The van der Waals surface area contributed by atoms with Gasteiger partial charge in [0.05, 0.1) is 12.6 Å². The van der Waals surface area contributed by atoms with Gasteiger partial charge in [-0.05, 0) is 30.5 Å². The van der Waals surface area contributed by atoms with Gasteiger partial charge in [-0.15, -0.1) is 0 Å². The smallest absolute Gasteiger partial charge is 0.237 e. The van der Waals surface area contributed by atoms with Crippen LogP contribution in [0.4, 0.5) is 0 Å². The number of aromatic nitrogens is 1. The first-order valence-electron chi connectivity index (χ1n) is 9.43. The van der Waals surface area contributed by atoms with Crippen LogP contribution in [0, 0.1) is 5.92 Å². The third-order valence-corrected chi connectivity index (χ3v) is 4.38. The number of rotatable bonds is 10. The van der Waals surface area contributed by atoms with E-state index in [1.54, 1.807) is 6.20 Å². The highest BCUT2D eigenvalue weighted by molar-refractivity contribution is 5.81. The Morgan fingerprint density at radius 3 is 2.63 bits per heavy atom. The highest BCUT2D eigenvalue weighted by Gasteiger charge is 2.19. The van der Waals surface area contributed by atoms with Gasteiger partial charge < -0.3 is 20.5 Å². The van der Waals surface area contributed by atoms with Crippen molar-refractivity contribution in [3.8, 4) is 17.4 Å².